The Kier molecular flexibility index (Phi) is 6.18. The van der Waals surface area contributed by atoms with Crippen LogP contribution in [0.3, 0.4) is 0 Å². The standard InChI is InChI=1S/C47H27N3O2/c1-3-11-28(12-4-1)45-48-46(29-13-5-2-6-14-29)50-47(49-45)36-18-10-20-40-44(36)38-25-34-23-33(22-21-32(34)27-42(38)52-40)35-17-9-19-39-43(35)37-24-30-15-7-8-16-31(30)26-41(37)51-39/h1-27H. The van der Waals surface area contributed by atoms with Crippen molar-refractivity contribution < 1.29 is 8.83 Å². The molecule has 0 amide bonds. The van der Waals surface area contributed by atoms with Crippen molar-refractivity contribution in [3.8, 4) is 45.3 Å². The van der Waals surface area contributed by atoms with Gasteiger partial charge in [-0.3, -0.25) is 0 Å². The number of hydrogen-bond donors (Lipinski definition) is 0. The van der Waals surface area contributed by atoms with E-state index < -0.39 is 0 Å². The molecule has 52 heavy (non-hydrogen) atoms. The van der Waals surface area contributed by atoms with Gasteiger partial charge in [0.1, 0.15) is 22.3 Å². The SMILES string of the molecule is c1ccc(-c2nc(-c3ccccc3)nc(-c3cccc4oc5cc6ccc(-c7cccc8oc9cc%10ccccc%10cc9c78)cc6cc5c34)n2)cc1. The molecule has 0 unspecified atom stereocenters. The summed E-state index contributed by atoms with van der Waals surface area (Å²) in [7, 11) is 0. The Balaban J connectivity index is 1.11. The van der Waals surface area contributed by atoms with E-state index in [2.05, 4.69) is 91.0 Å². The lowest BCUT2D eigenvalue weighted by Crippen LogP contribution is -2.00. The number of aromatic nitrogens is 3. The predicted octanol–water partition coefficient (Wildman–Crippen LogP) is 12.6. The first kappa shape index (κ1) is 28.7. The molecule has 3 heterocycles. The number of fused-ring (bicyclic) bond motifs is 8. The second-order valence-corrected chi connectivity index (χ2v) is 13.2. The maximum absolute atomic E-state index is 6.51. The summed E-state index contributed by atoms with van der Waals surface area (Å²) >= 11 is 0. The molecule has 0 aliphatic heterocycles. The van der Waals surface area contributed by atoms with Crippen LogP contribution in [-0.2, 0) is 0 Å². The van der Waals surface area contributed by atoms with Crippen molar-refractivity contribution >= 4 is 65.4 Å². The highest BCUT2D eigenvalue weighted by atomic mass is 16.3. The molecule has 0 bridgehead atoms. The number of rotatable bonds is 4. The zero-order valence-electron chi connectivity index (χ0n) is 27.7. The lowest BCUT2D eigenvalue weighted by Gasteiger charge is -2.09. The van der Waals surface area contributed by atoms with E-state index in [4.69, 9.17) is 23.8 Å². The van der Waals surface area contributed by atoms with E-state index in [1.807, 2.05) is 72.8 Å². The number of hydrogen-bond acceptors (Lipinski definition) is 5. The molecule has 0 aliphatic rings. The van der Waals surface area contributed by atoms with Crippen LogP contribution >= 0.6 is 0 Å². The second kappa shape index (κ2) is 11.2. The van der Waals surface area contributed by atoms with Crippen molar-refractivity contribution in [2.24, 2.45) is 0 Å². The Morgan fingerprint density at radius 3 is 1.44 bits per heavy atom. The van der Waals surface area contributed by atoms with Gasteiger partial charge in [-0.25, -0.2) is 15.0 Å². The predicted molar refractivity (Wildman–Crippen MR) is 211 cm³/mol. The van der Waals surface area contributed by atoms with E-state index in [1.165, 1.54) is 10.8 Å². The summed E-state index contributed by atoms with van der Waals surface area (Å²) in [4.78, 5) is 15.0. The van der Waals surface area contributed by atoms with Crippen LogP contribution < -0.4 is 0 Å². The third kappa shape index (κ3) is 4.53. The van der Waals surface area contributed by atoms with Crippen LogP contribution in [0.4, 0.5) is 0 Å². The van der Waals surface area contributed by atoms with Gasteiger partial charge in [0.15, 0.2) is 17.5 Å². The molecular formula is C47H27N3O2. The van der Waals surface area contributed by atoms with Crippen LogP contribution in [0, 0.1) is 0 Å². The van der Waals surface area contributed by atoms with Crippen LogP contribution in [0.25, 0.3) is 111 Å². The maximum Gasteiger partial charge on any atom is 0.164 e. The van der Waals surface area contributed by atoms with Crippen molar-refractivity contribution in [2.45, 2.75) is 0 Å². The molecule has 0 radical (unpaired) electrons. The third-order valence-corrected chi connectivity index (χ3v) is 10.1. The summed E-state index contributed by atoms with van der Waals surface area (Å²) in [5.74, 6) is 1.84. The van der Waals surface area contributed by atoms with E-state index in [-0.39, 0.29) is 0 Å². The Morgan fingerprint density at radius 1 is 0.308 bits per heavy atom. The van der Waals surface area contributed by atoms with E-state index in [1.54, 1.807) is 0 Å². The molecule has 8 aromatic carbocycles. The summed E-state index contributed by atoms with van der Waals surface area (Å²) in [5, 5.41) is 8.81. The van der Waals surface area contributed by atoms with Crippen molar-refractivity contribution in [3.63, 3.8) is 0 Å². The number of furan rings is 2. The molecule has 5 nitrogen and oxygen atoms in total. The molecule has 0 N–H and O–H groups in total. The summed E-state index contributed by atoms with van der Waals surface area (Å²) < 4.78 is 12.9. The Bertz CT molecular complexity index is 3120. The summed E-state index contributed by atoms with van der Waals surface area (Å²) in [6, 6.07) is 56.4. The fourth-order valence-electron chi connectivity index (χ4n) is 7.60. The normalized spacial score (nSPS) is 11.8. The fourth-order valence-corrected chi connectivity index (χ4v) is 7.60. The van der Waals surface area contributed by atoms with Crippen LogP contribution in [0.1, 0.15) is 0 Å². The Morgan fingerprint density at radius 2 is 0.808 bits per heavy atom. The lowest BCUT2D eigenvalue weighted by atomic mass is 9.95. The topological polar surface area (TPSA) is 65.0 Å². The van der Waals surface area contributed by atoms with Gasteiger partial charge in [-0.2, -0.15) is 0 Å². The highest BCUT2D eigenvalue weighted by Crippen LogP contribution is 2.41. The zero-order chi connectivity index (χ0) is 34.2. The smallest absolute Gasteiger partial charge is 0.164 e. The first-order valence-corrected chi connectivity index (χ1v) is 17.3. The minimum Gasteiger partial charge on any atom is -0.456 e. The van der Waals surface area contributed by atoms with E-state index in [0.29, 0.717) is 17.5 Å². The molecule has 11 aromatic rings. The van der Waals surface area contributed by atoms with Crippen molar-refractivity contribution in [1.82, 2.24) is 15.0 Å². The van der Waals surface area contributed by atoms with Gasteiger partial charge in [0.2, 0.25) is 0 Å². The van der Waals surface area contributed by atoms with Gasteiger partial charge in [0.05, 0.1) is 0 Å². The molecule has 11 rings (SSSR count). The fraction of sp³-hybridized carbons (Fsp3) is 0. The van der Waals surface area contributed by atoms with Gasteiger partial charge in [-0.05, 0) is 75.1 Å². The van der Waals surface area contributed by atoms with Gasteiger partial charge in [0, 0.05) is 38.2 Å². The minimum absolute atomic E-state index is 0.598. The maximum atomic E-state index is 6.51. The molecule has 0 atom stereocenters. The average Bonchev–Trinajstić information content (AvgIpc) is 3.76. The summed E-state index contributed by atoms with van der Waals surface area (Å²) in [6.45, 7) is 0. The molecular weight excluding hydrogens is 639 g/mol. The highest BCUT2D eigenvalue weighted by Gasteiger charge is 2.19. The van der Waals surface area contributed by atoms with Crippen LogP contribution in [0.2, 0.25) is 0 Å². The van der Waals surface area contributed by atoms with Crippen molar-refractivity contribution in [2.75, 3.05) is 0 Å². The lowest BCUT2D eigenvalue weighted by molar-refractivity contribution is 0.669. The molecule has 0 saturated carbocycles. The van der Waals surface area contributed by atoms with Gasteiger partial charge in [-0.15, -0.1) is 0 Å². The van der Waals surface area contributed by atoms with E-state index in [9.17, 15) is 0 Å². The monoisotopic (exact) mass is 665 g/mol. The Hall–Kier alpha value is -7.11. The molecule has 242 valence electrons. The second-order valence-electron chi connectivity index (χ2n) is 13.2. The third-order valence-electron chi connectivity index (χ3n) is 10.1. The molecule has 0 saturated heterocycles. The van der Waals surface area contributed by atoms with Gasteiger partial charge in [-0.1, -0.05) is 121 Å². The van der Waals surface area contributed by atoms with Crippen molar-refractivity contribution in [1.29, 1.82) is 0 Å². The molecule has 3 aromatic heterocycles. The number of nitrogens with zero attached hydrogens (tertiary/aromatic N) is 3. The van der Waals surface area contributed by atoms with E-state index >= 15 is 0 Å². The average molecular weight is 666 g/mol. The quantitative estimate of drug-likeness (QED) is 0.187. The van der Waals surface area contributed by atoms with Crippen LogP contribution in [-0.4, -0.2) is 15.0 Å². The first-order valence-electron chi connectivity index (χ1n) is 17.3. The molecule has 5 heteroatoms. The van der Waals surface area contributed by atoms with Crippen LogP contribution in [0.5, 0.6) is 0 Å². The van der Waals surface area contributed by atoms with E-state index in [0.717, 1.165) is 82.5 Å². The molecule has 0 spiro atoms. The first-order chi connectivity index (χ1) is 25.7. The zero-order valence-corrected chi connectivity index (χ0v) is 27.7. The largest absolute Gasteiger partial charge is 0.456 e. The highest BCUT2D eigenvalue weighted by molar-refractivity contribution is 6.17. The molecule has 0 fully saturated rings. The number of benzene rings is 8. The summed E-state index contributed by atoms with van der Waals surface area (Å²) in [6.07, 6.45) is 0. The molecule has 0 aliphatic carbocycles. The van der Waals surface area contributed by atoms with Crippen molar-refractivity contribution in [3.05, 3.63) is 164 Å². The summed E-state index contributed by atoms with van der Waals surface area (Å²) in [5.41, 5.74) is 8.39. The van der Waals surface area contributed by atoms with Gasteiger partial charge < -0.3 is 8.83 Å². The Labute approximate surface area is 297 Å². The van der Waals surface area contributed by atoms with Gasteiger partial charge in [0.25, 0.3) is 0 Å². The van der Waals surface area contributed by atoms with Gasteiger partial charge >= 0.3 is 0 Å². The minimum atomic E-state index is 0.598. The van der Waals surface area contributed by atoms with Crippen LogP contribution in [0.15, 0.2) is 173 Å².